The molecular formula is C23H23FN4O. The molecule has 1 atom stereocenters. The summed E-state index contributed by atoms with van der Waals surface area (Å²) in [5.74, 6) is 0.599. The number of aromatic amines is 1. The Hall–Kier alpha value is -2.96. The van der Waals surface area contributed by atoms with Crippen molar-refractivity contribution in [3.05, 3.63) is 78.1 Å². The number of H-pyrrole nitrogens is 1. The highest BCUT2D eigenvalue weighted by molar-refractivity contribution is 5.83. The molecule has 1 fully saturated rings. The van der Waals surface area contributed by atoms with E-state index in [-0.39, 0.29) is 11.9 Å². The van der Waals surface area contributed by atoms with Gasteiger partial charge in [-0.3, -0.25) is 4.90 Å². The van der Waals surface area contributed by atoms with Crippen LogP contribution in [0.4, 0.5) is 4.39 Å². The first-order valence-corrected chi connectivity index (χ1v) is 9.84. The van der Waals surface area contributed by atoms with Crippen LogP contribution in [0.2, 0.25) is 0 Å². The zero-order valence-electron chi connectivity index (χ0n) is 16.3. The number of halogens is 1. The van der Waals surface area contributed by atoms with Crippen molar-refractivity contribution in [3.8, 4) is 11.3 Å². The van der Waals surface area contributed by atoms with Crippen LogP contribution in [0.1, 0.15) is 17.4 Å². The van der Waals surface area contributed by atoms with Crippen LogP contribution in [0, 0.1) is 5.82 Å². The highest BCUT2D eigenvalue weighted by Crippen LogP contribution is 2.29. The highest BCUT2D eigenvalue weighted by atomic mass is 19.1. The fraction of sp³-hybridized carbons (Fsp3) is 0.261. The van der Waals surface area contributed by atoms with Gasteiger partial charge in [0.15, 0.2) is 0 Å². The number of imidazole rings is 1. The number of aromatic nitrogens is 3. The molecule has 1 aliphatic heterocycles. The van der Waals surface area contributed by atoms with Crippen LogP contribution in [0.3, 0.4) is 0 Å². The maximum absolute atomic E-state index is 13.6. The molecule has 2 aromatic carbocycles. The molecule has 1 N–H and O–H groups in total. The van der Waals surface area contributed by atoms with Gasteiger partial charge in [0.25, 0.3) is 0 Å². The van der Waals surface area contributed by atoms with Crippen molar-refractivity contribution in [2.45, 2.75) is 12.6 Å². The molecule has 5 rings (SSSR count). The van der Waals surface area contributed by atoms with Crippen molar-refractivity contribution in [1.82, 2.24) is 19.4 Å². The summed E-state index contributed by atoms with van der Waals surface area (Å²) in [4.78, 5) is 10.4. The number of ether oxygens (including phenoxy) is 1. The zero-order valence-corrected chi connectivity index (χ0v) is 16.3. The van der Waals surface area contributed by atoms with E-state index in [2.05, 4.69) is 56.9 Å². The molecule has 0 spiro atoms. The number of aryl methyl sites for hydroxylation is 1. The third-order valence-corrected chi connectivity index (χ3v) is 5.64. The predicted molar refractivity (Wildman–Crippen MR) is 111 cm³/mol. The van der Waals surface area contributed by atoms with Crippen LogP contribution in [0.5, 0.6) is 0 Å². The molecule has 0 bridgehead atoms. The summed E-state index contributed by atoms with van der Waals surface area (Å²) in [5, 5.41) is 1.28. The Bertz CT molecular complexity index is 1150. The van der Waals surface area contributed by atoms with Crippen molar-refractivity contribution in [2.24, 2.45) is 7.05 Å². The standard InChI is InChI=1S/C23H23FN4O/c1-27-13-17(19-7-2-3-8-21(19)27)14-28-9-10-29-15-22(28)23-25-12-20(26-23)16-5-4-6-18(24)11-16/h2-8,11-13,22H,9-10,14-15H2,1H3,(H,25,26). The van der Waals surface area contributed by atoms with Gasteiger partial charge in [-0.1, -0.05) is 30.3 Å². The molecule has 4 aromatic rings. The molecule has 1 saturated heterocycles. The number of nitrogens with zero attached hydrogens (tertiary/aromatic N) is 3. The Morgan fingerprint density at radius 1 is 1.21 bits per heavy atom. The third-order valence-electron chi connectivity index (χ3n) is 5.64. The molecule has 0 saturated carbocycles. The minimum Gasteiger partial charge on any atom is -0.378 e. The quantitative estimate of drug-likeness (QED) is 0.566. The van der Waals surface area contributed by atoms with Gasteiger partial charge in [-0.05, 0) is 23.8 Å². The van der Waals surface area contributed by atoms with Crippen molar-refractivity contribution in [1.29, 1.82) is 0 Å². The number of rotatable bonds is 4. The van der Waals surface area contributed by atoms with Gasteiger partial charge in [-0.15, -0.1) is 0 Å². The molecule has 3 heterocycles. The van der Waals surface area contributed by atoms with Crippen molar-refractivity contribution in [2.75, 3.05) is 19.8 Å². The van der Waals surface area contributed by atoms with Crippen LogP contribution in [0.15, 0.2) is 60.9 Å². The number of fused-ring (bicyclic) bond motifs is 1. The number of hydrogen-bond donors (Lipinski definition) is 1. The van der Waals surface area contributed by atoms with E-state index < -0.39 is 0 Å². The number of morpholine rings is 1. The lowest BCUT2D eigenvalue weighted by atomic mass is 10.1. The largest absolute Gasteiger partial charge is 0.378 e. The molecule has 0 aliphatic carbocycles. The van der Waals surface area contributed by atoms with E-state index in [1.165, 1.54) is 28.6 Å². The van der Waals surface area contributed by atoms with Crippen LogP contribution in [-0.2, 0) is 18.3 Å². The van der Waals surface area contributed by atoms with Crippen molar-refractivity contribution < 1.29 is 9.13 Å². The van der Waals surface area contributed by atoms with Gasteiger partial charge in [-0.2, -0.15) is 0 Å². The van der Waals surface area contributed by atoms with Gasteiger partial charge < -0.3 is 14.3 Å². The molecule has 0 radical (unpaired) electrons. The van der Waals surface area contributed by atoms with E-state index in [9.17, 15) is 4.39 Å². The summed E-state index contributed by atoms with van der Waals surface area (Å²) in [6.45, 7) is 2.95. The van der Waals surface area contributed by atoms with E-state index in [1.807, 2.05) is 6.07 Å². The van der Waals surface area contributed by atoms with Gasteiger partial charge in [-0.25, -0.2) is 9.37 Å². The third kappa shape index (κ3) is 3.45. The van der Waals surface area contributed by atoms with Crippen molar-refractivity contribution >= 4 is 10.9 Å². The predicted octanol–water partition coefficient (Wildman–Crippen LogP) is 4.28. The average molecular weight is 390 g/mol. The highest BCUT2D eigenvalue weighted by Gasteiger charge is 2.28. The first-order valence-electron chi connectivity index (χ1n) is 9.84. The minimum atomic E-state index is -0.253. The SMILES string of the molecule is Cn1cc(CN2CCOCC2c2ncc(-c3cccc(F)c3)[nH]2)c2ccccc21. The lowest BCUT2D eigenvalue weighted by Crippen LogP contribution is -2.39. The number of hydrogen-bond acceptors (Lipinski definition) is 3. The summed E-state index contributed by atoms with van der Waals surface area (Å²) in [6, 6.07) is 15.1. The first-order chi connectivity index (χ1) is 14.2. The van der Waals surface area contributed by atoms with Gasteiger partial charge in [0.05, 0.1) is 31.1 Å². The molecular weight excluding hydrogens is 367 g/mol. The number of benzene rings is 2. The summed E-state index contributed by atoms with van der Waals surface area (Å²) in [7, 11) is 2.08. The maximum atomic E-state index is 13.6. The van der Waals surface area contributed by atoms with E-state index >= 15 is 0 Å². The van der Waals surface area contributed by atoms with Gasteiger partial charge >= 0.3 is 0 Å². The molecule has 5 nitrogen and oxygen atoms in total. The summed E-state index contributed by atoms with van der Waals surface area (Å²) in [5.41, 5.74) is 4.14. The van der Waals surface area contributed by atoms with Crippen LogP contribution >= 0.6 is 0 Å². The van der Waals surface area contributed by atoms with Crippen molar-refractivity contribution in [3.63, 3.8) is 0 Å². The second kappa shape index (κ2) is 7.46. The monoisotopic (exact) mass is 390 g/mol. The molecule has 29 heavy (non-hydrogen) atoms. The lowest BCUT2D eigenvalue weighted by molar-refractivity contribution is -0.0154. The van der Waals surface area contributed by atoms with Crippen LogP contribution in [0.25, 0.3) is 22.2 Å². The first kappa shape index (κ1) is 18.1. The molecule has 1 unspecified atom stereocenters. The normalized spacial score (nSPS) is 17.8. The van der Waals surface area contributed by atoms with E-state index in [1.54, 1.807) is 12.3 Å². The Labute approximate surface area is 168 Å². The maximum Gasteiger partial charge on any atom is 0.126 e. The Morgan fingerprint density at radius 3 is 3.00 bits per heavy atom. The lowest BCUT2D eigenvalue weighted by Gasteiger charge is -2.34. The smallest absolute Gasteiger partial charge is 0.126 e. The Morgan fingerprint density at radius 2 is 2.10 bits per heavy atom. The van der Waals surface area contributed by atoms with Gasteiger partial charge in [0.2, 0.25) is 0 Å². The topological polar surface area (TPSA) is 46.1 Å². The van der Waals surface area contributed by atoms with E-state index in [0.717, 1.165) is 30.2 Å². The summed E-state index contributed by atoms with van der Waals surface area (Å²) >= 11 is 0. The molecule has 1 aliphatic rings. The molecule has 2 aromatic heterocycles. The molecule has 0 amide bonds. The summed E-state index contributed by atoms with van der Waals surface area (Å²) < 4.78 is 21.5. The second-order valence-corrected chi connectivity index (χ2v) is 7.54. The molecule has 6 heteroatoms. The fourth-order valence-corrected chi connectivity index (χ4v) is 4.16. The van der Waals surface area contributed by atoms with Gasteiger partial charge in [0.1, 0.15) is 11.6 Å². The summed E-state index contributed by atoms with van der Waals surface area (Å²) in [6.07, 6.45) is 3.98. The van der Waals surface area contributed by atoms with E-state index in [4.69, 9.17) is 4.74 Å². The number of nitrogens with one attached hydrogen (secondary N) is 1. The van der Waals surface area contributed by atoms with Gasteiger partial charge in [0, 0.05) is 42.8 Å². The minimum absolute atomic E-state index is 0.0324. The number of para-hydroxylation sites is 1. The van der Waals surface area contributed by atoms with E-state index in [0.29, 0.717) is 13.2 Å². The van der Waals surface area contributed by atoms with Crippen LogP contribution in [-0.4, -0.2) is 39.2 Å². The zero-order chi connectivity index (χ0) is 19.8. The second-order valence-electron chi connectivity index (χ2n) is 7.54. The Balaban J connectivity index is 1.43. The fourth-order valence-electron chi connectivity index (χ4n) is 4.16. The average Bonchev–Trinajstić information content (AvgIpc) is 3.35. The molecule has 148 valence electrons. The Kier molecular flexibility index (Phi) is 4.66. The van der Waals surface area contributed by atoms with Crippen LogP contribution < -0.4 is 0 Å².